The van der Waals surface area contributed by atoms with E-state index in [0.29, 0.717) is 35.6 Å². The first-order valence-electron chi connectivity index (χ1n) is 14.0. The Kier molecular flexibility index (Phi) is 7.15. The molecular formula is C33H33NO6. The number of amides is 1. The molecule has 206 valence electrons. The number of carbonyl (C=O) groups excluding carboxylic acids is 3. The van der Waals surface area contributed by atoms with Gasteiger partial charge in [-0.15, -0.1) is 0 Å². The molecule has 4 bridgehead atoms. The Balaban J connectivity index is 1.17. The first kappa shape index (κ1) is 26.3. The monoisotopic (exact) mass is 539 g/mol. The van der Waals surface area contributed by atoms with E-state index in [4.69, 9.17) is 9.47 Å². The molecule has 4 saturated carbocycles. The van der Waals surface area contributed by atoms with E-state index < -0.39 is 29.5 Å². The SMILES string of the molecule is O=C(OC1C2CC3CC1CC(OC(=O)C(O)C(C(=O)Nc1ccccc1)c1ccccc1)(C3)C2)c1ccccc1. The lowest BCUT2D eigenvalue weighted by Gasteiger charge is -2.58. The van der Waals surface area contributed by atoms with Crippen molar-refractivity contribution in [3.8, 4) is 0 Å². The van der Waals surface area contributed by atoms with Crippen LogP contribution in [0.5, 0.6) is 0 Å². The van der Waals surface area contributed by atoms with Gasteiger partial charge in [0.2, 0.25) is 5.91 Å². The maximum Gasteiger partial charge on any atom is 0.338 e. The highest BCUT2D eigenvalue weighted by Crippen LogP contribution is 2.58. The highest BCUT2D eigenvalue weighted by atomic mass is 16.6. The number of hydrogen-bond acceptors (Lipinski definition) is 6. The maximum atomic E-state index is 13.5. The van der Waals surface area contributed by atoms with E-state index in [9.17, 15) is 19.5 Å². The van der Waals surface area contributed by atoms with Gasteiger partial charge in [-0.2, -0.15) is 0 Å². The number of benzene rings is 3. The number of aliphatic hydroxyl groups is 1. The highest BCUT2D eigenvalue weighted by Gasteiger charge is 2.59. The Morgan fingerprint density at radius 1 is 0.800 bits per heavy atom. The fraction of sp³-hybridized carbons (Fsp3) is 0.364. The minimum atomic E-state index is -1.68. The predicted molar refractivity (Wildman–Crippen MR) is 148 cm³/mol. The maximum absolute atomic E-state index is 13.5. The van der Waals surface area contributed by atoms with Gasteiger partial charge >= 0.3 is 11.9 Å². The summed E-state index contributed by atoms with van der Waals surface area (Å²) in [5.41, 5.74) is 0.910. The fourth-order valence-electron chi connectivity index (χ4n) is 7.28. The second-order valence-corrected chi connectivity index (χ2v) is 11.5. The molecule has 0 saturated heterocycles. The average molecular weight is 540 g/mol. The molecule has 0 radical (unpaired) electrons. The lowest BCUT2D eigenvalue weighted by atomic mass is 9.53. The molecule has 40 heavy (non-hydrogen) atoms. The van der Waals surface area contributed by atoms with E-state index in [1.165, 1.54) is 0 Å². The molecule has 4 aliphatic rings. The Morgan fingerprint density at radius 2 is 1.38 bits per heavy atom. The minimum Gasteiger partial charge on any atom is -0.458 e. The van der Waals surface area contributed by atoms with Crippen LogP contribution in [0.3, 0.4) is 0 Å². The lowest BCUT2D eigenvalue weighted by Crippen LogP contribution is -2.60. The molecule has 3 aromatic carbocycles. The third-order valence-electron chi connectivity index (χ3n) is 8.74. The lowest BCUT2D eigenvalue weighted by molar-refractivity contribution is -0.213. The zero-order valence-electron chi connectivity index (χ0n) is 22.1. The summed E-state index contributed by atoms with van der Waals surface area (Å²) in [6, 6.07) is 26.7. The topological polar surface area (TPSA) is 102 Å². The van der Waals surface area contributed by atoms with Crippen molar-refractivity contribution in [2.24, 2.45) is 17.8 Å². The smallest absolute Gasteiger partial charge is 0.338 e. The molecule has 7 nitrogen and oxygen atoms in total. The first-order chi connectivity index (χ1) is 19.4. The number of hydrogen-bond donors (Lipinski definition) is 2. The molecule has 0 aromatic heterocycles. The summed E-state index contributed by atoms with van der Waals surface area (Å²) in [6.07, 6.45) is 1.85. The molecule has 0 heterocycles. The Hall–Kier alpha value is -3.97. The van der Waals surface area contributed by atoms with Crippen LogP contribution >= 0.6 is 0 Å². The Morgan fingerprint density at radius 3 is 2.00 bits per heavy atom. The van der Waals surface area contributed by atoms with Gasteiger partial charge in [0.25, 0.3) is 0 Å². The van der Waals surface area contributed by atoms with Crippen molar-refractivity contribution in [2.75, 3.05) is 5.32 Å². The van der Waals surface area contributed by atoms with E-state index >= 15 is 0 Å². The van der Waals surface area contributed by atoms with Crippen molar-refractivity contribution >= 4 is 23.5 Å². The summed E-state index contributed by atoms with van der Waals surface area (Å²) in [5.74, 6) is -2.18. The van der Waals surface area contributed by atoms with Crippen LogP contribution in [0.4, 0.5) is 5.69 Å². The summed E-state index contributed by atoms with van der Waals surface area (Å²) in [6.45, 7) is 0. The third kappa shape index (κ3) is 5.26. The van der Waals surface area contributed by atoms with Crippen LogP contribution in [0.1, 0.15) is 53.9 Å². The minimum absolute atomic E-state index is 0.0927. The molecule has 4 fully saturated rings. The largest absolute Gasteiger partial charge is 0.458 e. The average Bonchev–Trinajstić information content (AvgIpc) is 2.96. The van der Waals surface area contributed by atoms with Crippen LogP contribution < -0.4 is 5.32 Å². The molecular weight excluding hydrogens is 506 g/mol. The molecule has 7 heteroatoms. The number of carbonyl (C=O) groups is 3. The van der Waals surface area contributed by atoms with Crippen molar-refractivity contribution < 1.29 is 29.0 Å². The molecule has 1 amide bonds. The van der Waals surface area contributed by atoms with Crippen LogP contribution in [0, 0.1) is 17.8 Å². The van der Waals surface area contributed by atoms with Crippen molar-refractivity contribution in [3.63, 3.8) is 0 Å². The molecule has 3 aromatic rings. The second-order valence-electron chi connectivity index (χ2n) is 11.5. The van der Waals surface area contributed by atoms with Crippen LogP contribution in [0.15, 0.2) is 91.0 Å². The molecule has 7 rings (SSSR count). The number of anilines is 1. The van der Waals surface area contributed by atoms with Crippen molar-refractivity contribution in [2.45, 2.75) is 55.8 Å². The highest BCUT2D eigenvalue weighted by molar-refractivity contribution is 5.99. The Labute approximate surface area is 233 Å². The van der Waals surface area contributed by atoms with Gasteiger partial charge < -0.3 is 19.9 Å². The van der Waals surface area contributed by atoms with Crippen LogP contribution in [-0.2, 0) is 19.1 Å². The quantitative estimate of drug-likeness (QED) is 0.386. The van der Waals surface area contributed by atoms with Crippen LogP contribution in [0.2, 0.25) is 0 Å². The number of aliphatic hydroxyl groups excluding tert-OH is 1. The van der Waals surface area contributed by atoms with Gasteiger partial charge in [0.15, 0.2) is 6.10 Å². The zero-order valence-corrected chi connectivity index (χ0v) is 22.1. The predicted octanol–water partition coefficient (Wildman–Crippen LogP) is 5.12. The normalized spacial score (nSPS) is 27.8. The van der Waals surface area contributed by atoms with Crippen molar-refractivity contribution in [1.82, 2.24) is 0 Å². The Bertz CT molecular complexity index is 1350. The molecule has 0 spiro atoms. The van der Waals surface area contributed by atoms with Gasteiger partial charge in [0.05, 0.1) is 5.56 Å². The summed E-state index contributed by atoms with van der Waals surface area (Å²) < 4.78 is 12.2. The van der Waals surface area contributed by atoms with E-state index in [0.717, 1.165) is 19.3 Å². The van der Waals surface area contributed by atoms with E-state index in [2.05, 4.69) is 5.32 Å². The molecule has 4 unspecified atom stereocenters. The van der Waals surface area contributed by atoms with Gasteiger partial charge in [-0.1, -0.05) is 66.7 Å². The van der Waals surface area contributed by atoms with Gasteiger partial charge in [-0.25, -0.2) is 9.59 Å². The standard InChI is InChI=1S/C33H33NO6/c35-28(27(22-10-4-1-5-11-22)30(36)34-26-14-8-3-9-15-26)32(38)40-33-18-21-16-24(19-33)29(25(17-21)20-33)39-31(37)23-12-6-2-7-13-23/h1-15,21,24-25,27-29,35H,16-20H2,(H,34,36). The van der Waals surface area contributed by atoms with Crippen LogP contribution in [0.25, 0.3) is 0 Å². The van der Waals surface area contributed by atoms with Gasteiger partial charge in [0.1, 0.15) is 17.6 Å². The number of para-hydroxylation sites is 1. The molecule has 2 N–H and O–H groups in total. The van der Waals surface area contributed by atoms with Gasteiger partial charge in [0, 0.05) is 17.5 Å². The summed E-state index contributed by atoms with van der Waals surface area (Å²) in [5, 5.41) is 14.1. The molecule has 4 atom stereocenters. The number of rotatable bonds is 8. The fourth-order valence-corrected chi connectivity index (χ4v) is 7.28. The third-order valence-corrected chi connectivity index (χ3v) is 8.74. The molecule has 0 aliphatic heterocycles. The molecule has 4 aliphatic carbocycles. The van der Waals surface area contributed by atoms with E-state index in [1.807, 2.05) is 30.3 Å². The summed E-state index contributed by atoms with van der Waals surface area (Å²) >= 11 is 0. The number of esters is 2. The summed E-state index contributed by atoms with van der Waals surface area (Å²) in [7, 11) is 0. The second kappa shape index (κ2) is 10.9. The van der Waals surface area contributed by atoms with E-state index in [-0.39, 0.29) is 23.9 Å². The van der Waals surface area contributed by atoms with E-state index in [1.54, 1.807) is 60.7 Å². The van der Waals surface area contributed by atoms with Crippen molar-refractivity contribution in [3.05, 3.63) is 102 Å². The van der Waals surface area contributed by atoms with Crippen molar-refractivity contribution in [1.29, 1.82) is 0 Å². The summed E-state index contributed by atoms with van der Waals surface area (Å²) in [4.78, 5) is 39.7. The number of nitrogens with one attached hydrogen (secondary N) is 1. The first-order valence-corrected chi connectivity index (χ1v) is 14.0. The van der Waals surface area contributed by atoms with Crippen LogP contribution in [-0.4, -0.2) is 40.8 Å². The van der Waals surface area contributed by atoms with Gasteiger partial charge in [-0.05, 0) is 67.9 Å². The zero-order chi connectivity index (χ0) is 27.7. The van der Waals surface area contributed by atoms with Gasteiger partial charge in [-0.3, -0.25) is 4.79 Å². The number of ether oxygens (including phenoxy) is 2.